The van der Waals surface area contributed by atoms with E-state index in [1.54, 1.807) is 47.6 Å². The quantitative estimate of drug-likeness (QED) is 0.274. The van der Waals surface area contributed by atoms with Crippen molar-refractivity contribution in [1.29, 1.82) is 0 Å². The van der Waals surface area contributed by atoms with E-state index >= 15 is 4.39 Å². The minimum Gasteiger partial charge on any atom is -0.396 e. The number of halogens is 4. The second kappa shape index (κ2) is 11.8. The van der Waals surface area contributed by atoms with Crippen molar-refractivity contribution in [2.45, 2.75) is 20.0 Å². The second-order valence-corrected chi connectivity index (χ2v) is 10.8. The molecule has 3 aromatic rings. The predicted molar refractivity (Wildman–Crippen MR) is 151 cm³/mol. The van der Waals surface area contributed by atoms with Crippen molar-refractivity contribution in [2.75, 3.05) is 55.5 Å². The number of thiazole rings is 1. The van der Waals surface area contributed by atoms with Gasteiger partial charge in [-0.1, -0.05) is 6.07 Å². The Morgan fingerprint density at radius 2 is 1.85 bits per heavy atom. The first kappa shape index (κ1) is 29.3. The van der Waals surface area contributed by atoms with Gasteiger partial charge in [-0.25, -0.2) is 14.8 Å². The largest absolute Gasteiger partial charge is 0.419 e. The van der Waals surface area contributed by atoms with Gasteiger partial charge in [-0.15, -0.1) is 11.3 Å². The molecule has 40 heavy (non-hydrogen) atoms. The van der Waals surface area contributed by atoms with Crippen molar-refractivity contribution in [3.8, 4) is 0 Å². The Labute approximate surface area is 234 Å². The minimum absolute atomic E-state index is 0.148. The summed E-state index contributed by atoms with van der Waals surface area (Å²) in [6.45, 7) is 5.60. The molecule has 0 saturated carbocycles. The van der Waals surface area contributed by atoms with Gasteiger partial charge in [0.1, 0.15) is 0 Å². The first-order valence-electron chi connectivity index (χ1n) is 12.5. The third-order valence-electron chi connectivity index (χ3n) is 6.61. The first-order valence-corrected chi connectivity index (χ1v) is 13.3. The van der Waals surface area contributed by atoms with E-state index in [9.17, 15) is 18.0 Å². The number of anilines is 3. The summed E-state index contributed by atoms with van der Waals surface area (Å²) in [5, 5.41) is 5.03. The Kier molecular flexibility index (Phi) is 8.66. The fourth-order valence-corrected chi connectivity index (χ4v) is 5.03. The number of rotatable bonds is 7. The smallest absolute Gasteiger partial charge is 0.396 e. The Morgan fingerprint density at radius 1 is 1.15 bits per heavy atom. The van der Waals surface area contributed by atoms with E-state index < -0.39 is 23.5 Å². The van der Waals surface area contributed by atoms with Crippen LogP contribution in [0.25, 0.3) is 5.70 Å². The SMILES string of the molecule is CNN(/C=C(\N)c1cnc(C)s1)c1cc(C(=O)Nc2cc(N3CCN(C)CC3)c(F)c(C(F)(F)F)c2)ccc1C. The zero-order valence-electron chi connectivity index (χ0n) is 22.6. The van der Waals surface area contributed by atoms with Crippen LogP contribution in [0.15, 0.2) is 42.7 Å². The second-order valence-electron chi connectivity index (χ2n) is 9.52. The van der Waals surface area contributed by atoms with Gasteiger partial charge < -0.3 is 20.9 Å². The molecule has 2 aromatic carbocycles. The number of carbonyl (C=O) groups excluding carboxylic acids is 1. The highest BCUT2D eigenvalue weighted by molar-refractivity contribution is 7.12. The first-order chi connectivity index (χ1) is 18.9. The van der Waals surface area contributed by atoms with Gasteiger partial charge in [0.15, 0.2) is 5.82 Å². The maximum atomic E-state index is 15.0. The van der Waals surface area contributed by atoms with Crippen LogP contribution in [-0.2, 0) is 6.18 Å². The van der Waals surface area contributed by atoms with Crippen molar-refractivity contribution >= 4 is 40.0 Å². The summed E-state index contributed by atoms with van der Waals surface area (Å²) < 4.78 is 56.2. The normalized spacial score (nSPS) is 14.9. The number of hydrogen-bond acceptors (Lipinski definition) is 8. The van der Waals surface area contributed by atoms with Crippen LogP contribution < -0.4 is 26.4 Å². The summed E-state index contributed by atoms with van der Waals surface area (Å²) in [7, 11) is 3.58. The molecule has 0 spiro atoms. The van der Waals surface area contributed by atoms with E-state index in [-0.39, 0.29) is 16.9 Å². The lowest BCUT2D eigenvalue weighted by Crippen LogP contribution is -2.45. The molecule has 13 heteroatoms. The van der Waals surface area contributed by atoms with E-state index in [0.29, 0.717) is 43.6 Å². The number of likely N-dealkylation sites (N-methyl/N-ethyl adjacent to an activating group) is 1. The highest BCUT2D eigenvalue weighted by atomic mass is 32.1. The van der Waals surface area contributed by atoms with Crippen LogP contribution in [0.1, 0.15) is 31.4 Å². The van der Waals surface area contributed by atoms with Gasteiger partial charge in [0.05, 0.1) is 32.5 Å². The summed E-state index contributed by atoms with van der Waals surface area (Å²) in [6.07, 6.45) is -1.60. The predicted octanol–water partition coefficient (Wildman–Crippen LogP) is 4.82. The summed E-state index contributed by atoms with van der Waals surface area (Å²) >= 11 is 1.44. The van der Waals surface area contributed by atoms with E-state index in [1.165, 1.54) is 17.4 Å². The number of aromatic nitrogens is 1. The molecule has 0 bridgehead atoms. The number of aryl methyl sites for hydroxylation is 2. The number of carbonyl (C=O) groups is 1. The topological polar surface area (TPSA) is 89.8 Å². The Hall–Kier alpha value is -3.68. The van der Waals surface area contributed by atoms with E-state index in [1.807, 2.05) is 25.8 Å². The molecule has 4 N–H and O–H groups in total. The molecular weight excluding hydrogens is 546 g/mol. The van der Waals surface area contributed by atoms with E-state index in [4.69, 9.17) is 5.73 Å². The summed E-state index contributed by atoms with van der Waals surface area (Å²) in [5.41, 5.74) is 9.57. The number of piperazine rings is 1. The number of amides is 1. The maximum Gasteiger partial charge on any atom is 0.419 e. The van der Waals surface area contributed by atoms with Gasteiger partial charge >= 0.3 is 6.18 Å². The molecule has 0 atom stereocenters. The molecule has 1 amide bonds. The van der Waals surface area contributed by atoms with Crippen molar-refractivity contribution in [3.05, 3.63) is 75.1 Å². The number of hydrogen-bond donors (Lipinski definition) is 3. The molecule has 1 aromatic heterocycles. The van der Waals surface area contributed by atoms with Crippen LogP contribution in [0.5, 0.6) is 0 Å². The van der Waals surface area contributed by atoms with E-state index in [2.05, 4.69) is 15.7 Å². The van der Waals surface area contributed by atoms with Crippen LogP contribution in [0, 0.1) is 19.7 Å². The van der Waals surface area contributed by atoms with Crippen molar-refractivity contribution in [3.63, 3.8) is 0 Å². The zero-order valence-corrected chi connectivity index (χ0v) is 23.4. The number of alkyl halides is 3. The zero-order chi connectivity index (χ0) is 29.2. The molecule has 4 rings (SSSR count). The highest BCUT2D eigenvalue weighted by Crippen LogP contribution is 2.38. The van der Waals surface area contributed by atoms with Crippen LogP contribution in [0.2, 0.25) is 0 Å². The average molecular weight is 578 g/mol. The Morgan fingerprint density at radius 3 is 2.45 bits per heavy atom. The number of nitrogens with one attached hydrogen (secondary N) is 2. The van der Waals surface area contributed by atoms with Gasteiger partial charge in [-0.2, -0.15) is 13.2 Å². The molecule has 0 radical (unpaired) electrons. The van der Waals surface area contributed by atoms with Crippen molar-refractivity contribution < 1.29 is 22.4 Å². The lowest BCUT2D eigenvalue weighted by molar-refractivity contribution is -0.139. The fourth-order valence-electron chi connectivity index (χ4n) is 4.33. The number of benzene rings is 2. The monoisotopic (exact) mass is 577 g/mol. The molecule has 0 aliphatic carbocycles. The Bertz CT molecular complexity index is 1410. The highest BCUT2D eigenvalue weighted by Gasteiger charge is 2.37. The van der Waals surface area contributed by atoms with Crippen LogP contribution in [0.3, 0.4) is 0 Å². The lowest BCUT2D eigenvalue weighted by Gasteiger charge is -2.34. The molecule has 2 heterocycles. The molecule has 8 nitrogen and oxygen atoms in total. The lowest BCUT2D eigenvalue weighted by atomic mass is 10.1. The van der Waals surface area contributed by atoms with Crippen LogP contribution in [0.4, 0.5) is 34.6 Å². The van der Waals surface area contributed by atoms with Gasteiger partial charge in [-0.05, 0) is 50.7 Å². The average Bonchev–Trinajstić information content (AvgIpc) is 3.34. The van der Waals surface area contributed by atoms with Gasteiger partial charge in [-0.3, -0.25) is 9.80 Å². The summed E-state index contributed by atoms with van der Waals surface area (Å²) in [5.74, 6) is -1.99. The Balaban J connectivity index is 1.64. The van der Waals surface area contributed by atoms with E-state index in [0.717, 1.165) is 15.4 Å². The van der Waals surface area contributed by atoms with Crippen LogP contribution in [-0.4, -0.2) is 56.1 Å². The molecule has 1 saturated heterocycles. The maximum absolute atomic E-state index is 15.0. The summed E-state index contributed by atoms with van der Waals surface area (Å²) in [6, 6.07) is 6.76. The third-order valence-corrected chi connectivity index (χ3v) is 7.57. The molecular formula is C27H31F4N7OS. The molecule has 1 aliphatic rings. The van der Waals surface area contributed by atoms with Crippen LogP contribution >= 0.6 is 11.3 Å². The number of hydrazine groups is 1. The molecule has 1 aliphatic heterocycles. The fraction of sp³-hybridized carbons (Fsp3) is 0.333. The van der Waals surface area contributed by atoms with Crippen molar-refractivity contribution in [2.24, 2.45) is 5.73 Å². The third kappa shape index (κ3) is 6.54. The standard InChI is InChI=1S/C27H31F4N7OS/c1-16-5-6-18(11-22(16)38(33-3)15-21(32)24-14-34-17(2)40-24)26(39)35-19-12-20(27(29,30)31)25(28)23(13-19)37-9-7-36(4)8-10-37/h5-6,11-15,33H,7-10,32H2,1-4H3,(H,35,39)/b21-15-. The van der Waals surface area contributed by atoms with Gasteiger partial charge in [0.2, 0.25) is 0 Å². The van der Waals surface area contributed by atoms with Gasteiger partial charge in [0.25, 0.3) is 5.91 Å². The van der Waals surface area contributed by atoms with Gasteiger partial charge in [0, 0.05) is 56.9 Å². The number of nitrogens with zero attached hydrogens (tertiary/aromatic N) is 4. The molecule has 0 unspecified atom stereocenters. The minimum atomic E-state index is -4.93. The molecule has 1 fully saturated rings. The number of nitrogens with two attached hydrogens (primary N) is 1. The molecule has 214 valence electrons. The summed E-state index contributed by atoms with van der Waals surface area (Å²) in [4.78, 5) is 21.8. The van der Waals surface area contributed by atoms with Crippen molar-refractivity contribution in [1.82, 2.24) is 15.3 Å².